The van der Waals surface area contributed by atoms with Crippen molar-refractivity contribution in [1.29, 1.82) is 5.41 Å². The van der Waals surface area contributed by atoms with Gasteiger partial charge in [-0.1, -0.05) is 12.1 Å². The maximum Gasteiger partial charge on any atom is 0.124 e. The van der Waals surface area contributed by atoms with Gasteiger partial charge in [0.05, 0.1) is 18.3 Å². The Morgan fingerprint density at radius 2 is 2.29 bits per heavy atom. The van der Waals surface area contributed by atoms with Crippen LogP contribution in [0.1, 0.15) is 17.5 Å². The van der Waals surface area contributed by atoms with Crippen molar-refractivity contribution < 1.29 is 4.74 Å². The normalized spacial score (nSPS) is 19.3. The van der Waals surface area contributed by atoms with Gasteiger partial charge in [0, 0.05) is 19.2 Å². The highest BCUT2D eigenvalue weighted by atomic mass is 16.5. The summed E-state index contributed by atoms with van der Waals surface area (Å²) in [6.45, 7) is 3.62. The number of ether oxygens (including phenoxy) is 1. The van der Waals surface area contributed by atoms with E-state index in [9.17, 15) is 0 Å². The van der Waals surface area contributed by atoms with E-state index < -0.39 is 0 Å². The first-order chi connectivity index (χ1) is 8.11. The number of nitrogens with one attached hydrogen (secondary N) is 1. The third kappa shape index (κ3) is 2.26. The van der Waals surface area contributed by atoms with E-state index in [0.717, 1.165) is 36.4 Å². The highest BCUT2D eigenvalue weighted by Gasteiger charge is 2.23. The second-order valence-corrected chi connectivity index (χ2v) is 4.51. The summed E-state index contributed by atoms with van der Waals surface area (Å²) in [5, 5.41) is 7.66. The van der Waals surface area contributed by atoms with Crippen molar-refractivity contribution >= 4 is 11.5 Å². The molecule has 1 fully saturated rings. The van der Waals surface area contributed by atoms with Crippen molar-refractivity contribution in [3.63, 3.8) is 0 Å². The molecule has 1 atom stereocenters. The maximum atomic E-state index is 7.66. The van der Waals surface area contributed by atoms with E-state index in [1.165, 1.54) is 0 Å². The highest BCUT2D eigenvalue weighted by molar-refractivity contribution is 6.01. The molecule has 2 rings (SSSR count). The van der Waals surface area contributed by atoms with Crippen LogP contribution in [0.15, 0.2) is 18.2 Å². The van der Waals surface area contributed by atoms with Crippen LogP contribution in [0.2, 0.25) is 0 Å². The van der Waals surface area contributed by atoms with Crippen molar-refractivity contribution in [2.24, 2.45) is 5.73 Å². The summed E-state index contributed by atoms with van der Waals surface area (Å²) in [5.41, 5.74) is 8.65. The van der Waals surface area contributed by atoms with Gasteiger partial charge >= 0.3 is 0 Å². The van der Waals surface area contributed by atoms with Crippen molar-refractivity contribution in [2.45, 2.75) is 19.4 Å². The molecule has 0 aliphatic carbocycles. The fourth-order valence-corrected chi connectivity index (χ4v) is 2.35. The van der Waals surface area contributed by atoms with Crippen LogP contribution in [0.5, 0.6) is 0 Å². The lowest BCUT2D eigenvalue weighted by Gasteiger charge is -2.29. The number of hydrogen-bond acceptors (Lipinski definition) is 3. The molecule has 0 aromatic heterocycles. The molecule has 0 radical (unpaired) electrons. The van der Waals surface area contributed by atoms with E-state index in [4.69, 9.17) is 15.9 Å². The molecule has 0 amide bonds. The minimum atomic E-state index is 0.120. The predicted octanol–water partition coefficient (Wildman–Crippen LogP) is 1.50. The summed E-state index contributed by atoms with van der Waals surface area (Å²) in [5.74, 6) is 0.120. The monoisotopic (exact) mass is 233 g/mol. The van der Waals surface area contributed by atoms with Crippen LogP contribution in [0.25, 0.3) is 0 Å². The fourth-order valence-electron chi connectivity index (χ4n) is 2.35. The molecule has 1 heterocycles. The summed E-state index contributed by atoms with van der Waals surface area (Å²) in [6, 6.07) is 6.27. The molecular formula is C13H19N3O. The van der Waals surface area contributed by atoms with Gasteiger partial charge in [-0.15, -0.1) is 0 Å². The van der Waals surface area contributed by atoms with Gasteiger partial charge in [0.2, 0.25) is 0 Å². The minimum absolute atomic E-state index is 0.120. The van der Waals surface area contributed by atoms with E-state index in [0.29, 0.717) is 6.04 Å². The summed E-state index contributed by atoms with van der Waals surface area (Å²) >= 11 is 0. The average Bonchev–Trinajstić information content (AvgIpc) is 2.81. The molecule has 0 saturated carbocycles. The molecule has 1 saturated heterocycles. The second-order valence-electron chi connectivity index (χ2n) is 4.51. The Hall–Kier alpha value is -1.55. The Morgan fingerprint density at radius 1 is 1.53 bits per heavy atom. The van der Waals surface area contributed by atoms with Crippen LogP contribution < -0.4 is 10.6 Å². The van der Waals surface area contributed by atoms with E-state index in [2.05, 4.69) is 4.90 Å². The molecule has 1 aliphatic rings. The third-order valence-electron chi connectivity index (χ3n) is 3.33. The number of likely N-dealkylation sites (N-methyl/N-ethyl adjacent to an activating group) is 1. The number of hydrogen-bond donors (Lipinski definition) is 2. The Morgan fingerprint density at radius 3 is 2.88 bits per heavy atom. The number of anilines is 1. The van der Waals surface area contributed by atoms with Gasteiger partial charge in [-0.3, -0.25) is 5.41 Å². The molecule has 0 spiro atoms. The zero-order valence-electron chi connectivity index (χ0n) is 10.4. The highest BCUT2D eigenvalue weighted by Crippen LogP contribution is 2.27. The van der Waals surface area contributed by atoms with Crippen molar-refractivity contribution in [3.05, 3.63) is 29.3 Å². The topological polar surface area (TPSA) is 62.3 Å². The zero-order valence-corrected chi connectivity index (χ0v) is 10.4. The van der Waals surface area contributed by atoms with Gasteiger partial charge in [0.1, 0.15) is 5.84 Å². The van der Waals surface area contributed by atoms with Gasteiger partial charge in [-0.2, -0.15) is 0 Å². The Kier molecular flexibility index (Phi) is 3.33. The first kappa shape index (κ1) is 11.9. The lowest BCUT2D eigenvalue weighted by atomic mass is 10.0. The average molecular weight is 233 g/mol. The van der Waals surface area contributed by atoms with Gasteiger partial charge in [0.15, 0.2) is 0 Å². The molecule has 1 aromatic rings. The second kappa shape index (κ2) is 4.75. The molecule has 4 heteroatoms. The molecule has 1 aromatic carbocycles. The van der Waals surface area contributed by atoms with E-state index >= 15 is 0 Å². The predicted molar refractivity (Wildman–Crippen MR) is 69.8 cm³/mol. The largest absolute Gasteiger partial charge is 0.384 e. The Labute approximate surface area is 102 Å². The van der Waals surface area contributed by atoms with Gasteiger partial charge in [-0.25, -0.2) is 0 Å². The zero-order chi connectivity index (χ0) is 12.4. The van der Waals surface area contributed by atoms with Gasteiger partial charge in [-0.05, 0) is 25.0 Å². The summed E-state index contributed by atoms with van der Waals surface area (Å²) in [7, 11) is 2.05. The quantitative estimate of drug-likeness (QED) is 0.614. The SMILES string of the molecule is Cc1cccc(C(=N)N)c1N(C)C1CCOC1. The summed E-state index contributed by atoms with van der Waals surface area (Å²) < 4.78 is 5.41. The number of nitrogen functional groups attached to an aromatic ring is 1. The van der Waals surface area contributed by atoms with Crippen LogP contribution in [0.3, 0.4) is 0 Å². The summed E-state index contributed by atoms with van der Waals surface area (Å²) in [6.07, 6.45) is 1.03. The maximum absolute atomic E-state index is 7.66. The van der Waals surface area contributed by atoms with Crippen molar-refractivity contribution in [3.8, 4) is 0 Å². The lowest BCUT2D eigenvalue weighted by Crippen LogP contribution is -2.34. The Balaban J connectivity index is 2.38. The molecular weight excluding hydrogens is 214 g/mol. The molecule has 1 unspecified atom stereocenters. The molecule has 4 nitrogen and oxygen atoms in total. The van der Waals surface area contributed by atoms with Crippen LogP contribution >= 0.6 is 0 Å². The standard InChI is InChI=1S/C13H19N3O/c1-9-4-3-5-11(13(14)15)12(9)16(2)10-6-7-17-8-10/h3-5,10H,6-8H2,1-2H3,(H3,14,15). The Bertz CT molecular complexity index is 425. The number of nitrogens with zero attached hydrogens (tertiary/aromatic N) is 1. The number of benzene rings is 1. The number of amidine groups is 1. The molecule has 0 bridgehead atoms. The van der Waals surface area contributed by atoms with E-state index in [1.807, 2.05) is 32.2 Å². The van der Waals surface area contributed by atoms with Crippen molar-refractivity contribution in [2.75, 3.05) is 25.2 Å². The summed E-state index contributed by atoms with van der Waals surface area (Å²) in [4.78, 5) is 2.19. The fraction of sp³-hybridized carbons (Fsp3) is 0.462. The van der Waals surface area contributed by atoms with E-state index in [-0.39, 0.29) is 5.84 Å². The van der Waals surface area contributed by atoms with Crippen LogP contribution in [-0.2, 0) is 4.74 Å². The van der Waals surface area contributed by atoms with E-state index in [1.54, 1.807) is 0 Å². The van der Waals surface area contributed by atoms with Gasteiger partial charge in [0.25, 0.3) is 0 Å². The smallest absolute Gasteiger partial charge is 0.124 e. The minimum Gasteiger partial charge on any atom is -0.384 e. The number of para-hydroxylation sites is 1. The van der Waals surface area contributed by atoms with Crippen LogP contribution in [0.4, 0.5) is 5.69 Å². The number of aryl methyl sites for hydroxylation is 1. The molecule has 1 aliphatic heterocycles. The third-order valence-corrected chi connectivity index (χ3v) is 3.33. The lowest BCUT2D eigenvalue weighted by molar-refractivity contribution is 0.193. The first-order valence-corrected chi connectivity index (χ1v) is 5.86. The van der Waals surface area contributed by atoms with Gasteiger partial charge < -0.3 is 15.4 Å². The molecule has 3 N–H and O–H groups in total. The van der Waals surface area contributed by atoms with Crippen LogP contribution in [-0.4, -0.2) is 32.1 Å². The van der Waals surface area contributed by atoms with Crippen molar-refractivity contribution in [1.82, 2.24) is 0 Å². The van der Waals surface area contributed by atoms with Crippen LogP contribution in [0, 0.1) is 12.3 Å². The molecule has 92 valence electrons. The first-order valence-electron chi connectivity index (χ1n) is 5.86. The number of nitrogens with two attached hydrogens (primary N) is 1. The number of rotatable bonds is 3. The molecule has 17 heavy (non-hydrogen) atoms.